The van der Waals surface area contributed by atoms with Crippen LogP contribution in [0.2, 0.25) is 0 Å². The molecule has 1 fully saturated rings. The van der Waals surface area contributed by atoms with Crippen molar-refractivity contribution < 1.29 is 14.3 Å². The van der Waals surface area contributed by atoms with Crippen LogP contribution in [0.5, 0.6) is 5.75 Å². The van der Waals surface area contributed by atoms with Crippen LogP contribution in [0, 0.1) is 5.41 Å². The fourth-order valence-corrected chi connectivity index (χ4v) is 2.59. The van der Waals surface area contributed by atoms with E-state index in [1.165, 1.54) is 0 Å². The Morgan fingerprint density at radius 3 is 2.55 bits per heavy atom. The third kappa shape index (κ3) is 4.60. The number of benzene rings is 1. The van der Waals surface area contributed by atoms with Gasteiger partial charge in [-0.15, -0.1) is 12.4 Å². The van der Waals surface area contributed by atoms with E-state index < -0.39 is 5.41 Å². The van der Waals surface area contributed by atoms with E-state index in [0.29, 0.717) is 45.8 Å². The first kappa shape index (κ1) is 18.7. The van der Waals surface area contributed by atoms with Crippen LogP contribution in [0.15, 0.2) is 30.3 Å². The lowest BCUT2D eigenvalue weighted by Crippen LogP contribution is -2.50. The molecule has 0 aliphatic carbocycles. The van der Waals surface area contributed by atoms with Crippen molar-refractivity contribution >= 4 is 18.3 Å². The van der Waals surface area contributed by atoms with Gasteiger partial charge in [-0.25, -0.2) is 0 Å². The fourth-order valence-electron chi connectivity index (χ4n) is 2.59. The number of hydrogen-bond donors (Lipinski definition) is 1. The van der Waals surface area contributed by atoms with Crippen molar-refractivity contribution in [3.05, 3.63) is 30.3 Å². The van der Waals surface area contributed by atoms with Gasteiger partial charge >= 0.3 is 0 Å². The van der Waals surface area contributed by atoms with Gasteiger partial charge in [-0.3, -0.25) is 4.79 Å². The number of nitrogens with two attached hydrogens (primary N) is 1. The zero-order valence-corrected chi connectivity index (χ0v) is 13.8. The maximum absolute atomic E-state index is 12.6. The van der Waals surface area contributed by atoms with E-state index in [-0.39, 0.29) is 18.3 Å². The normalized spacial score (nSPS) is 16.5. The molecule has 0 spiro atoms. The Kier molecular flexibility index (Phi) is 7.65. The van der Waals surface area contributed by atoms with E-state index in [4.69, 9.17) is 15.2 Å². The average Bonchev–Trinajstić information content (AvgIpc) is 2.55. The Morgan fingerprint density at radius 2 is 1.95 bits per heavy atom. The number of amides is 1. The second kappa shape index (κ2) is 8.98. The Morgan fingerprint density at radius 1 is 1.32 bits per heavy atom. The Bertz CT molecular complexity index is 450. The summed E-state index contributed by atoms with van der Waals surface area (Å²) in [5, 5.41) is 0. The minimum atomic E-state index is -0.459. The van der Waals surface area contributed by atoms with Crippen molar-refractivity contribution in [2.45, 2.75) is 12.8 Å². The molecule has 1 saturated heterocycles. The molecule has 1 aliphatic rings. The van der Waals surface area contributed by atoms with Gasteiger partial charge < -0.3 is 20.1 Å². The molecule has 1 aromatic rings. The number of halogens is 1. The second-order valence-electron chi connectivity index (χ2n) is 5.49. The smallest absolute Gasteiger partial charge is 0.230 e. The SMILES string of the molecule is CN(CCOc1ccccc1)C(=O)C1(CN)CCOCC1.Cl. The van der Waals surface area contributed by atoms with E-state index in [1.807, 2.05) is 37.4 Å². The van der Waals surface area contributed by atoms with Crippen LogP contribution in [-0.2, 0) is 9.53 Å². The first-order valence-electron chi connectivity index (χ1n) is 7.39. The summed E-state index contributed by atoms with van der Waals surface area (Å²) in [5.41, 5.74) is 5.40. The van der Waals surface area contributed by atoms with Gasteiger partial charge in [0.25, 0.3) is 0 Å². The number of likely N-dealkylation sites (N-methyl/N-ethyl adjacent to an activating group) is 1. The molecule has 0 atom stereocenters. The maximum Gasteiger partial charge on any atom is 0.230 e. The summed E-state index contributed by atoms with van der Waals surface area (Å²) in [6.45, 7) is 2.62. The Hall–Kier alpha value is -1.30. The monoisotopic (exact) mass is 328 g/mol. The molecule has 1 heterocycles. The summed E-state index contributed by atoms with van der Waals surface area (Å²) in [6.07, 6.45) is 1.40. The highest BCUT2D eigenvalue weighted by molar-refractivity contribution is 5.85. The van der Waals surface area contributed by atoms with Crippen molar-refractivity contribution in [1.29, 1.82) is 0 Å². The summed E-state index contributed by atoms with van der Waals surface area (Å²) in [5.74, 6) is 0.919. The molecule has 1 aliphatic heterocycles. The van der Waals surface area contributed by atoms with Crippen LogP contribution < -0.4 is 10.5 Å². The third-order valence-corrected chi connectivity index (χ3v) is 4.08. The van der Waals surface area contributed by atoms with E-state index in [0.717, 1.165) is 5.75 Å². The highest BCUT2D eigenvalue weighted by Crippen LogP contribution is 2.31. The molecule has 1 amide bonds. The van der Waals surface area contributed by atoms with Crippen LogP contribution >= 0.6 is 12.4 Å². The van der Waals surface area contributed by atoms with E-state index in [1.54, 1.807) is 4.90 Å². The lowest BCUT2D eigenvalue weighted by Gasteiger charge is -2.37. The number of nitrogens with zero attached hydrogens (tertiary/aromatic N) is 1. The molecule has 1 aromatic carbocycles. The number of rotatable bonds is 6. The van der Waals surface area contributed by atoms with Crippen LogP contribution in [0.4, 0.5) is 0 Å². The molecule has 0 aromatic heterocycles. The van der Waals surface area contributed by atoms with Gasteiger partial charge in [0.05, 0.1) is 12.0 Å². The topological polar surface area (TPSA) is 64.8 Å². The zero-order valence-electron chi connectivity index (χ0n) is 13.0. The standard InChI is InChI=1S/C16H24N2O3.ClH/c1-18(9-12-21-14-5-3-2-4-6-14)15(19)16(13-17)7-10-20-11-8-16;/h2-6H,7-13,17H2,1H3;1H. The van der Waals surface area contributed by atoms with Gasteiger partial charge in [-0.2, -0.15) is 0 Å². The molecule has 22 heavy (non-hydrogen) atoms. The quantitative estimate of drug-likeness (QED) is 0.863. The molecule has 2 rings (SSSR count). The van der Waals surface area contributed by atoms with Crippen molar-refractivity contribution in [3.8, 4) is 5.75 Å². The van der Waals surface area contributed by atoms with E-state index >= 15 is 0 Å². The molecule has 124 valence electrons. The Labute approximate surface area is 138 Å². The van der Waals surface area contributed by atoms with Crippen LogP contribution in [0.3, 0.4) is 0 Å². The highest BCUT2D eigenvalue weighted by Gasteiger charge is 2.40. The number of hydrogen-bond acceptors (Lipinski definition) is 4. The molecule has 6 heteroatoms. The minimum absolute atomic E-state index is 0. The van der Waals surface area contributed by atoms with Crippen molar-refractivity contribution in [3.63, 3.8) is 0 Å². The number of carbonyl (C=O) groups excluding carboxylic acids is 1. The first-order chi connectivity index (χ1) is 10.2. The number of carbonyl (C=O) groups is 1. The summed E-state index contributed by atoms with van der Waals surface area (Å²) in [4.78, 5) is 14.4. The van der Waals surface area contributed by atoms with Gasteiger partial charge in [0, 0.05) is 26.8 Å². The summed E-state index contributed by atoms with van der Waals surface area (Å²) in [6, 6.07) is 9.60. The highest BCUT2D eigenvalue weighted by atomic mass is 35.5. The summed E-state index contributed by atoms with van der Waals surface area (Å²) < 4.78 is 11.0. The van der Waals surface area contributed by atoms with E-state index in [9.17, 15) is 4.79 Å². The lowest BCUT2D eigenvalue weighted by atomic mass is 9.79. The van der Waals surface area contributed by atoms with Crippen molar-refractivity contribution in [2.24, 2.45) is 11.1 Å². The van der Waals surface area contributed by atoms with Crippen molar-refractivity contribution in [1.82, 2.24) is 4.90 Å². The van der Waals surface area contributed by atoms with Gasteiger partial charge in [0.2, 0.25) is 5.91 Å². The second-order valence-corrected chi connectivity index (χ2v) is 5.49. The summed E-state index contributed by atoms with van der Waals surface area (Å²) in [7, 11) is 1.81. The average molecular weight is 329 g/mol. The van der Waals surface area contributed by atoms with Gasteiger partial charge in [-0.1, -0.05) is 18.2 Å². The predicted molar refractivity (Wildman–Crippen MR) is 88.4 cm³/mol. The van der Waals surface area contributed by atoms with Crippen molar-refractivity contribution in [2.75, 3.05) is 40.0 Å². The molecule has 2 N–H and O–H groups in total. The maximum atomic E-state index is 12.6. The minimum Gasteiger partial charge on any atom is -0.492 e. The van der Waals surface area contributed by atoms with Gasteiger partial charge in [-0.05, 0) is 25.0 Å². The number of para-hydroxylation sites is 1. The van der Waals surface area contributed by atoms with E-state index in [2.05, 4.69) is 0 Å². The first-order valence-corrected chi connectivity index (χ1v) is 7.39. The summed E-state index contributed by atoms with van der Waals surface area (Å²) >= 11 is 0. The van der Waals surface area contributed by atoms with Crippen LogP contribution in [-0.4, -0.2) is 50.8 Å². The predicted octanol–water partition coefficient (Wildman–Crippen LogP) is 1.70. The molecular weight excluding hydrogens is 304 g/mol. The van der Waals surface area contributed by atoms with Gasteiger partial charge in [0.1, 0.15) is 12.4 Å². The fraction of sp³-hybridized carbons (Fsp3) is 0.562. The third-order valence-electron chi connectivity index (χ3n) is 4.08. The van der Waals surface area contributed by atoms with Crippen LogP contribution in [0.25, 0.3) is 0 Å². The lowest BCUT2D eigenvalue weighted by molar-refractivity contribution is -0.146. The Balaban J connectivity index is 0.00000242. The molecular formula is C16H25ClN2O3. The number of ether oxygens (including phenoxy) is 2. The molecule has 5 nitrogen and oxygen atoms in total. The largest absolute Gasteiger partial charge is 0.492 e. The molecule has 0 radical (unpaired) electrons. The molecule has 0 saturated carbocycles. The zero-order chi connectivity index (χ0) is 15.1. The van der Waals surface area contributed by atoms with Crippen LogP contribution in [0.1, 0.15) is 12.8 Å². The van der Waals surface area contributed by atoms with Gasteiger partial charge in [0.15, 0.2) is 0 Å². The molecule has 0 bridgehead atoms. The molecule has 0 unspecified atom stereocenters.